The van der Waals surface area contributed by atoms with Crippen molar-refractivity contribution in [3.63, 3.8) is 0 Å². The Morgan fingerprint density at radius 1 is 1.17 bits per heavy atom. The standard InChI is InChI=1S/C22H30N4O3/c23-16-22(25-20(27)11-6-17-4-2-1-3-5-17)12-14-26(15-13-22)18-7-9-19(10-8-18)29-21(24)28/h7-10,17H,1-6,11-15H2,(H2,24,28)(H,25,27). The predicted octanol–water partition coefficient (Wildman–Crippen LogP) is 3.48. The van der Waals surface area contributed by atoms with Gasteiger partial charge < -0.3 is 20.7 Å². The van der Waals surface area contributed by atoms with E-state index in [-0.39, 0.29) is 5.91 Å². The first-order valence-electron chi connectivity index (χ1n) is 10.5. The topological polar surface area (TPSA) is 108 Å². The van der Waals surface area contributed by atoms with Crippen LogP contribution in [0.3, 0.4) is 0 Å². The fourth-order valence-electron chi connectivity index (χ4n) is 4.39. The second-order valence-corrected chi connectivity index (χ2v) is 8.19. The van der Waals surface area contributed by atoms with Gasteiger partial charge in [0.1, 0.15) is 11.3 Å². The lowest BCUT2D eigenvalue weighted by atomic mass is 9.85. The summed E-state index contributed by atoms with van der Waals surface area (Å²) < 4.78 is 4.85. The van der Waals surface area contributed by atoms with Crippen LogP contribution in [0.5, 0.6) is 5.75 Å². The first-order valence-corrected chi connectivity index (χ1v) is 10.5. The van der Waals surface area contributed by atoms with Crippen molar-refractivity contribution in [3.05, 3.63) is 24.3 Å². The average Bonchev–Trinajstić information content (AvgIpc) is 2.74. The minimum atomic E-state index is -0.839. The molecule has 7 nitrogen and oxygen atoms in total. The van der Waals surface area contributed by atoms with Crippen molar-refractivity contribution in [1.29, 1.82) is 5.26 Å². The van der Waals surface area contributed by atoms with Crippen molar-refractivity contribution in [1.82, 2.24) is 5.32 Å². The van der Waals surface area contributed by atoms with Crippen LogP contribution in [0.2, 0.25) is 0 Å². The molecule has 156 valence electrons. The molecule has 7 heteroatoms. The number of primary amides is 1. The highest BCUT2D eigenvalue weighted by atomic mass is 16.5. The normalized spacial score (nSPS) is 19.2. The molecule has 29 heavy (non-hydrogen) atoms. The number of anilines is 1. The molecule has 0 spiro atoms. The summed E-state index contributed by atoms with van der Waals surface area (Å²) >= 11 is 0. The molecule has 0 radical (unpaired) electrons. The Bertz CT molecular complexity index is 742. The van der Waals surface area contributed by atoms with Gasteiger partial charge in [0.25, 0.3) is 0 Å². The summed E-state index contributed by atoms with van der Waals surface area (Å²) in [6.45, 7) is 1.35. The summed E-state index contributed by atoms with van der Waals surface area (Å²) in [6, 6.07) is 9.47. The minimum Gasteiger partial charge on any atom is -0.411 e. The number of nitriles is 1. The van der Waals surface area contributed by atoms with Crippen LogP contribution >= 0.6 is 0 Å². The third kappa shape index (κ3) is 5.86. The second-order valence-electron chi connectivity index (χ2n) is 8.19. The van der Waals surface area contributed by atoms with Gasteiger partial charge in [0, 0.05) is 38.0 Å². The average molecular weight is 399 g/mol. The molecule has 0 unspecified atom stereocenters. The summed E-state index contributed by atoms with van der Waals surface area (Å²) in [4.78, 5) is 25.4. The lowest BCUT2D eigenvalue weighted by Gasteiger charge is -2.39. The third-order valence-electron chi connectivity index (χ3n) is 6.13. The zero-order chi connectivity index (χ0) is 20.7. The molecule has 1 aromatic rings. The maximum Gasteiger partial charge on any atom is 0.409 e. The highest BCUT2D eigenvalue weighted by Gasteiger charge is 2.36. The molecule has 0 aromatic heterocycles. The Labute approximate surface area is 172 Å². The monoisotopic (exact) mass is 398 g/mol. The van der Waals surface area contributed by atoms with Crippen molar-refractivity contribution in [3.8, 4) is 11.8 Å². The Hall–Kier alpha value is -2.75. The van der Waals surface area contributed by atoms with Crippen molar-refractivity contribution in [2.45, 2.75) is 63.3 Å². The van der Waals surface area contributed by atoms with Crippen molar-refractivity contribution in [2.24, 2.45) is 11.7 Å². The van der Waals surface area contributed by atoms with E-state index in [0.29, 0.717) is 44.0 Å². The van der Waals surface area contributed by atoms with Gasteiger partial charge in [-0.25, -0.2) is 4.79 Å². The molecule has 2 aliphatic rings. The molecule has 0 bridgehead atoms. The van der Waals surface area contributed by atoms with Gasteiger partial charge in [-0.1, -0.05) is 32.1 Å². The van der Waals surface area contributed by atoms with Gasteiger partial charge in [0.15, 0.2) is 0 Å². The van der Waals surface area contributed by atoms with Gasteiger partial charge in [-0.3, -0.25) is 4.79 Å². The van der Waals surface area contributed by atoms with E-state index < -0.39 is 11.6 Å². The number of rotatable bonds is 6. The number of ether oxygens (including phenoxy) is 1. The van der Waals surface area contributed by atoms with E-state index in [1.54, 1.807) is 12.1 Å². The van der Waals surface area contributed by atoms with Crippen LogP contribution in [-0.4, -0.2) is 30.6 Å². The van der Waals surface area contributed by atoms with E-state index in [9.17, 15) is 14.9 Å². The first-order chi connectivity index (χ1) is 14.0. The highest BCUT2D eigenvalue weighted by Crippen LogP contribution is 2.29. The van der Waals surface area contributed by atoms with Crippen LogP contribution in [0.4, 0.5) is 10.5 Å². The molecule has 0 atom stereocenters. The van der Waals surface area contributed by atoms with Crippen LogP contribution in [0, 0.1) is 17.2 Å². The molecule has 1 aliphatic heterocycles. The summed E-state index contributed by atoms with van der Waals surface area (Å²) in [6.07, 6.45) is 8.10. The largest absolute Gasteiger partial charge is 0.411 e. The zero-order valence-electron chi connectivity index (χ0n) is 16.9. The van der Waals surface area contributed by atoms with Gasteiger partial charge in [-0.05, 0) is 36.6 Å². The Morgan fingerprint density at radius 2 is 1.83 bits per heavy atom. The molecule has 1 saturated heterocycles. The van der Waals surface area contributed by atoms with Crippen molar-refractivity contribution in [2.75, 3.05) is 18.0 Å². The van der Waals surface area contributed by atoms with E-state index in [2.05, 4.69) is 16.3 Å². The molecular formula is C22H30N4O3. The van der Waals surface area contributed by atoms with Crippen LogP contribution in [-0.2, 0) is 4.79 Å². The van der Waals surface area contributed by atoms with E-state index in [1.165, 1.54) is 32.1 Å². The number of nitrogens with one attached hydrogen (secondary N) is 1. The van der Waals surface area contributed by atoms with Gasteiger partial charge in [-0.2, -0.15) is 5.26 Å². The van der Waals surface area contributed by atoms with Gasteiger partial charge in [0.05, 0.1) is 6.07 Å². The lowest BCUT2D eigenvalue weighted by Crippen LogP contribution is -2.54. The predicted molar refractivity (Wildman–Crippen MR) is 110 cm³/mol. The fourth-order valence-corrected chi connectivity index (χ4v) is 4.39. The molecule has 3 rings (SSSR count). The maximum absolute atomic E-state index is 12.5. The van der Waals surface area contributed by atoms with Crippen LogP contribution in [0.1, 0.15) is 57.8 Å². The number of nitrogens with two attached hydrogens (primary N) is 1. The molecule has 2 fully saturated rings. The Morgan fingerprint density at radius 3 is 2.41 bits per heavy atom. The third-order valence-corrected chi connectivity index (χ3v) is 6.13. The van der Waals surface area contributed by atoms with Crippen LogP contribution in [0.25, 0.3) is 0 Å². The fraction of sp³-hybridized carbons (Fsp3) is 0.591. The van der Waals surface area contributed by atoms with Crippen LogP contribution < -0.4 is 20.7 Å². The smallest absolute Gasteiger partial charge is 0.409 e. The molecule has 1 aliphatic carbocycles. The molecular weight excluding hydrogens is 368 g/mol. The zero-order valence-corrected chi connectivity index (χ0v) is 16.9. The number of benzene rings is 1. The molecule has 3 N–H and O–H groups in total. The highest BCUT2D eigenvalue weighted by molar-refractivity contribution is 5.77. The minimum absolute atomic E-state index is 0.00136. The van der Waals surface area contributed by atoms with Crippen molar-refractivity contribution >= 4 is 17.7 Å². The van der Waals surface area contributed by atoms with E-state index >= 15 is 0 Å². The quantitative estimate of drug-likeness (QED) is 0.762. The van der Waals surface area contributed by atoms with Crippen molar-refractivity contribution < 1.29 is 14.3 Å². The van der Waals surface area contributed by atoms with Crippen LogP contribution in [0.15, 0.2) is 24.3 Å². The van der Waals surface area contributed by atoms with Gasteiger partial charge in [0.2, 0.25) is 5.91 Å². The maximum atomic E-state index is 12.5. The van der Waals surface area contributed by atoms with Gasteiger partial charge in [-0.15, -0.1) is 0 Å². The molecule has 1 aromatic carbocycles. The first kappa shape index (κ1) is 21.0. The number of nitrogens with zero attached hydrogens (tertiary/aromatic N) is 2. The Balaban J connectivity index is 1.49. The number of amides is 2. The number of piperidine rings is 1. The molecule has 1 saturated carbocycles. The Kier molecular flexibility index (Phi) is 6.97. The second kappa shape index (κ2) is 9.64. The summed E-state index contributed by atoms with van der Waals surface area (Å²) in [7, 11) is 0. The summed E-state index contributed by atoms with van der Waals surface area (Å²) in [5.41, 5.74) is 5.22. The molecule has 2 amide bonds. The van der Waals surface area contributed by atoms with E-state index in [0.717, 1.165) is 12.1 Å². The number of carbonyl (C=O) groups excluding carboxylic acids is 2. The number of carbonyl (C=O) groups is 2. The number of hydrogen-bond acceptors (Lipinski definition) is 5. The summed E-state index contributed by atoms with van der Waals surface area (Å²) in [5.74, 6) is 1.06. The van der Waals surface area contributed by atoms with Gasteiger partial charge >= 0.3 is 6.09 Å². The van der Waals surface area contributed by atoms with E-state index in [4.69, 9.17) is 10.5 Å². The summed E-state index contributed by atoms with van der Waals surface area (Å²) in [5, 5.41) is 12.8. The lowest BCUT2D eigenvalue weighted by molar-refractivity contribution is -0.123. The van der Waals surface area contributed by atoms with E-state index in [1.807, 2.05) is 12.1 Å². The molecule has 1 heterocycles. The SMILES string of the molecule is N#CC1(NC(=O)CCC2CCCCC2)CCN(c2ccc(OC(N)=O)cc2)CC1. The number of hydrogen-bond donors (Lipinski definition) is 2.